The van der Waals surface area contributed by atoms with Crippen molar-refractivity contribution >= 4 is 17.5 Å². The molecule has 4 nitrogen and oxygen atoms in total. The Morgan fingerprint density at radius 1 is 1.00 bits per heavy atom. The predicted octanol–water partition coefficient (Wildman–Crippen LogP) is 2.42. The lowest BCUT2D eigenvalue weighted by atomic mass is 10.1. The molecule has 3 rings (SSSR count). The van der Waals surface area contributed by atoms with Gasteiger partial charge in [0.15, 0.2) is 0 Å². The van der Waals surface area contributed by atoms with Gasteiger partial charge in [0.2, 0.25) is 5.91 Å². The average Bonchev–Trinajstić information content (AvgIpc) is 2.78. The highest BCUT2D eigenvalue weighted by atomic mass is 16.2. The normalized spacial score (nSPS) is 23.9. The van der Waals surface area contributed by atoms with Crippen LogP contribution in [0.25, 0.3) is 0 Å². The van der Waals surface area contributed by atoms with Crippen molar-refractivity contribution in [3.8, 4) is 0 Å². The van der Waals surface area contributed by atoms with Crippen LogP contribution in [0.15, 0.2) is 18.2 Å². The van der Waals surface area contributed by atoms with Gasteiger partial charge in [-0.3, -0.25) is 14.5 Å². The predicted molar refractivity (Wildman–Crippen MR) is 82.2 cm³/mol. The zero-order valence-corrected chi connectivity index (χ0v) is 12.8. The lowest BCUT2D eigenvalue weighted by molar-refractivity contribution is -0.123. The Morgan fingerprint density at radius 2 is 1.71 bits per heavy atom. The van der Waals surface area contributed by atoms with E-state index in [0.29, 0.717) is 12.1 Å². The van der Waals surface area contributed by atoms with Crippen molar-refractivity contribution in [2.45, 2.75) is 45.6 Å². The second kappa shape index (κ2) is 5.60. The number of carbonyl (C=O) groups is 2. The first-order chi connectivity index (χ1) is 10.1. The fraction of sp³-hybridized carbons (Fsp3) is 0.529. The Kier molecular flexibility index (Phi) is 3.81. The number of imide groups is 1. The maximum Gasteiger partial charge on any atom is 0.251 e. The van der Waals surface area contributed by atoms with Crippen LogP contribution < -0.4 is 4.90 Å². The Morgan fingerprint density at radius 3 is 2.38 bits per heavy atom. The molecule has 0 saturated carbocycles. The van der Waals surface area contributed by atoms with Gasteiger partial charge in [0.25, 0.3) is 5.91 Å². The summed E-state index contributed by atoms with van der Waals surface area (Å²) in [6.07, 6.45) is 3.81. The van der Waals surface area contributed by atoms with E-state index < -0.39 is 0 Å². The highest BCUT2D eigenvalue weighted by molar-refractivity contribution is 6.22. The summed E-state index contributed by atoms with van der Waals surface area (Å²) in [5.41, 5.74) is 2.99. The standard InChI is InChI=1S/C17H22N2O2/c1-12-6-7-14(10-13(12)2)19-16(20)11-15(17(19)21)18-8-4-3-5-9-18/h6-7,10,15H,3-5,8-9,11H2,1-2H3/t15-/m1/s1. The average molecular weight is 286 g/mol. The van der Waals surface area contributed by atoms with Crippen LogP contribution >= 0.6 is 0 Å². The number of nitrogens with zero attached hydrogens (tertiary/aromatic N) is 2. The molecule has 0 spiro atoms. The van der Waals surface area contributed by atoms with E-state index in [9.17, 15) is 9.59 Å². The van der Waals surface area contributed by atoms with Gasteiger partial charge in [-0.25, -0.2) is 4.90 Å². The van der Waals surface area contributed by atoms with Gasteiger partial charge in [0, 0.05) is 0 Å². The Hall–Kier alpha value is -1.68. The molecule has 0 radical (unpaired) electrons. The molecule has 2 aliphatic rings. The number of benzene rings is 1. The van der Waals surface area contributed by atoms with Crippen LogP contribution in [0.4, 0.5) is 5.69 Å². The number of anilines is 1. The summed E-state index contributed by atoms with van der Waals surface area (Å²) in [7, 11) is 0. The molecule has 0 bridgehead atoms. The van der Waals surface area contributed by atoms with Crippen LogP contribution in [0.2, 0.25) is 0 Å². The summed E-state index contributed by atoms with van der Waals surface area (Å²) in [5, 5.41) is 0. The lowest BCUT2D eigenvalue weighted by Gasteiger charge is -2.30. The Balaban J connectivity index is 1.84. The summed E-state index contributed by atoms with van der Waals surface area (Å²) < 4.78 is 0. The van der Waals surface area contributed by atoms with Crippen molar-refractivity contribution in [1.29, 1.82) is 0 Å². The topological polar surface area (TPSA) is 40.6 Å². The van der Waals surface area contributed by atoms with E-state index >= 15 is 0 Å². The number of likely N-dealkylation sites (tertiary alicyclic amines) is 1. The number of hydrogen-bond donors (Lipinski definition) is 0. The lowest BCUT2D eigenvalue weighted by Crippen LogP contribution is -2.44. The first-order valence-corrected chi connectivity index (χ1v) is 7.76. The van der Waals surface area contributed by atoms with Crippen molar-refractivity contribution in [1.82, 2.24) is 4.90 Å². The van der Waals surface area contributed by atoms with Crippen LogP contribution in [-0.4, -0.2) is 35.8 Å². The minimum atomic E-state index is -0.251. The second-order valence-corrected chi connectivity index (χ2v) is 6.15. The number of piperidine rings is 1. The van der Waals surface area contributed by atoms with Gasteiger partial charge in [0.05, 0.1) is 18.2 Å². The van der Waals surface area contributed by atoms with Gasteiger partial charge in [-0.15, -0.1) is 0 Å². The Bertz CT molecular complexity index is 576. The second-order valence-electron chi connectivity index (χ2n) is 6.15. The van der Waals surface area contributed by atoms with Crippen molar-refractivity contribution in [2.24, 2.45) is 0 Å². The molecule has 1 atom stereocenters. The maximum atomic E-state index is 12.7. The van der Waals surface area contributed by atoms with Crippen LogP contribution in [0.3, 0.4) is 0 Å². The molecule has 1 aromatic rings. The SMILES string of the molecule is Cc1ccc(N2C(=O)C[C@@H](N3CCCCC3)C2=O)cc1C. The zero-order valence-electron chi connectivity index (χ0n) is 12.8. The van der Waals surface area contributed by atoms with Crippen molar-refractivity contribution in [3.05, 3.63) is 29.3 Å². The van der Waals surface area contributed by atoms with Crippen molar-refractivity contribution in [3.63, 3.8) is 0 Å². The maximum absolute atomic E-state index is 12.7. The molecular weight excluding hydrogens is 264 g/mol. The third-order valence-corrected chi connectivity index (χ3v) is 4.70. The molecule has 21 heavy (non-hydrogen) atoms. The van der Waals surface area contributed by atoms with E-state index in [-0.39, 0.29) is 17.9 Å². The number of aryl methyl sites for hydroxylation is 2. The molecule has 2 fully saturated rings. The molecule has 0 aliphatic carbocycles. The number of amides is 2. The molecule has 2 amide bonds. The van der Waals surface area contributed by atoms with Crippen molar-refractivity contribution < 1.29 is 9.59 Å². The van der Waals surface area contributed by atoms with Gasteiger partial charge in [0.1, 0.15) is 0 Å². The largest absolute Gasteiger partial charge is 0.292 e. The fourth-order valence-electron chi connectivity index (χ4n) is 3.27. The molecule has 0 unspecified atom stereocenters. The quantitative estimate of drug-likeness (QED) is 0.784. The molecule has 0 N–H and O–H groups in total. The summed E-state index contributed by atoms with van der Waals surface area (Å²) in [6.45, 7) is 5.91. The van der Waals surface area contributed by atoms with Crippen LogP contribution in [-0.2, 0) is 9.59 Å². The van der Waals surface area contributed by atoms with Gasteiger partial charge in [-0.1, -0.05) is 12.5 Å². The monoisotopic (exact) mass is 286 g/mol. The molecule has 2 heterocycles. The third-order valence-electron chi connectivity index (χ3n) is 4.70. The van der Waals surface area contributed by atoms with Gasteiger partial charge >= 0.3 is 0 Å². The number of rotatable bonds is 2. The minimum absolute atomic E-state index is 0.0508. The van der Waals surface area contributed by atoms with Gasteiger partial charge < -0.3 is 0 Å². The molecular formula is C17H22N2O2. The van der Waals surface area contributed by atoms with Crippen LogP contribution in [0.1, 0.15) is 36.8 Å². The van der Waals surface area contributed by atoms with Crippen LogP contribution in [0.5, 0.6) is 0 Å². The first kappa shape index (κ1) is 14.3. The van der Waals surface area contributed by atoms with E-state index in [2.05, 4.69) is 4.90 Å². The van der Waals surface area contributed by atoms with Crippen LogP contribution in [0, 0.1) is 13.8 Å². The minimum Gasteiger partial charge on any atom is -0.292 e. The fourth-order valence-corrected chi connectivity index (χ4v) is 3.27. The summed E-state index contributed by atoms with van der Waals surface area (Å²) in [6, 6.07) is 5.53. The summed E-state index contributed by atoms with van der Waals surface area (Å²) in [4.78, 5) is 28.6. The first-order valence-electron chi connectivity index (χ1n) is 7.76. The summed E-state index contributed by atoms with van der Waals surface area (Å²) >= 11 is 0. The van der Waals surface area contributed by atoms with E-state index in [1.165, 1.54) is 16.9 Å². The highest BCUT2D eigenvalue weighted by Crippen LogP contribution is 2.28. The van der Waals surface area contributed by atoms with E-state index in [4.69, 9.17) is 0 Å². The summed E-state index contributed by atoms with van der Waals surface area (Å²) in [5.74, 6) is -0.121. The van der Waals surface area contributed by atoms with Gasteiger partial charge in [-0.2, -0.15) is 0 Å². The van der Waals surface area contributed by atoms with E-state index in [0.717, 1.165) is 31.5 Å². The van der Waals surface area contributed by atoms with Gasteiger partial charge in [-0.05, 0) is 63.0 Å². The number of hydrogen-bond acceptors (Lipinski definition) is 3. The van der Waals surface area contributed by atoms with E-state index in [1.807, 2.05) is 32.0 Å². The number of carbonyl (C=O) groups excluding carboxylic acids is 2. The van der Waals surface area contributed by atoms with E-state index in [1.54, 1.807) is 0 Å². The molecule has 4 heteroatoms. The zero-order chi connectivity index (χ0) is 15.0. The third kappa shape index (κ3) is 2.60. The Labute approximate surface area is 125 Å². The molecule has 2 saturated heterocycles. The molecule has 1 aromatic carbocycles. The molecule has 2 aliphatic heterocycles. The van der Waals surface area contributed by atoms with Crippen molar-refractivity contribution in [2.75, 3.05) is 18.0 Å². The smallest absolute Gasteiger partial charge is 0.251 e. The molecule has 0 aromatic heterocycles. The molecule has 112 valence electrons. The highest BCUT2D eigenvalue weighted by Gasteiger charge is 2.42.